The van der Waals surface area contributed by atoms with E-state index >= 15 is 4.39 Å². The van der Waals surface area contributed by atoms with Gasteiger partial charge in [-0.15, -0.1) is 0 Å². The van der Waals surface area contributed by atoms with E-state index in [2.05, 4.69) is 24.8 Å². The lowest BCUT2D eigenvalue weighted by Gasteiger charge is -2.41. The Balaban J connectivity index is 1.21. The van der Waals surface area contributed by atoms with Crippen molar-refractivity contribution in [2.24, 2.45) is 0 Å². The SMILES string of the molecule is Fc1c(-c2cccc3cccc(F)c23)ncc2c(N3CC(c4ccncc4)C3)nc(OCC34CCCN3CCC4)nc12. The molecule has 3 saturated heterocycles. The van der Waals surface area contributed by atoms with Crippen LogP contribution in [0.3, 0.4) is 0 Å². The highest BCUT2D eigenvalue weighted by Gasteiger charge is 2.45. The molecule has 3 aliphatic heterocycles. The first kappa shape index (κ1) is 25.5. The smallest absolute Gasteiger partial charge is 0.319 e. The van der Waals surface area contributed by atoms with E-state index in [-0.39, 0.29) is 22.8 Å². The molecule has 3 aromatic heterocycles. The number of anilines is 1. The molecule has 0 N–H and O–H groups in total. The lowest BCUT2D eigenvalue weighted by molar-refractivity contribution is 0.108. The fourth-order valence-corrected chi connectivity index (χ4v) is 7.17. The third kappa shape index (κ3) is 4.09. The number of ether oxygens (including phenoxy) is 1. The normalized spacial score (nSPS) is 18.5. The number of nitrogens with zero attached hydrogens (tertiary/aromatic N) is 6. The van der Waals surface area contributed by atoms with Crippen LogP contribution in [-0.2, 0) is 0 Å². The molecule has 0 unspecified atom stereocenters. The molecule has 7 nitrogen and oxygen atoms in total. The number of aromatic nitrogens is 4. The largest absolute Gasteiger partial charge is 0.461 e. The molecule has 0 saturated carbocycles. The minimum absolute atomic E-state index is 0.00407. The van der Waals surface area contributed by atoms with Crippen molar-refractivity contribution in [3.63, 3.8) is 0 Å². The zero-order chi connectivity index (χ0) is 28.3. The van der Waals surface area contributed by atoms with Crippen LogP contribution in [-0.4, -0.2) is 63.2 Å². The Hall–Kier alpha value is -4.24. The summed E-state index contributed by atoms with van der Waals surface area (Å²) in [7, 11) is 0. The predicted molar refractivity (Wildman–Crippen MR) is 158 cm³/mol. The summed E-state index contributed by atoms with van der Waals surface area (Å²) < 4.78 is 37.8. The maximum atomic E-state index is 16.5. The van der Waals surface area contributed by atoms with Crippen molar-refractivity contribution in [1.29, 1.82) is 0 Å². The Kier molecular flexibility index (Phi) is 6.03. The number of halogens is 2. The summed E-state index contributed by atoms with van der Waals surface area (Å²) in [6.07, 6.45) is 9.70. The van der Waals surface area contributed by atoms with Gasteiger partial charge in [0.15, 0.2) is 5.82 Å². The van der Waals surface area contributed by atoms with Crippen LogP contribution in [0.2, 0.25) is 0 Å². The van der Waals surface area contributed by atoms with Crippen LogP contribution in [0.1, 0.15) is 37.2 Å². The fraction of sp³-hybridized carbons (Fsp3) is 0.333. The molecule has 0 amide bonds. The number of rotatable bonds is 6. The fourth-order valence-electron chi connectivity index (χ4n) is 7.17. The number of fused-ring (bicyclic) bond motifs is 3. The van der Waals surface area contributed by atoms with Gasteiger partial charge in [-0.2, -0.15) is 9.97 Å². The number of pyridine rings is 2. The van der Waals surface area contributed by atoms with Gasteiger partial charge in [0.2, 0.25) is 0 Å². The Morgan fingerprint density at radius 1 is 0.929 bits per heavy atom. The molecule has 9 heteroatoms. The van der Waals surface area contributed by atoms with Crippen LogP contribution < -0.4 is 9.64 Å². The lowest BCUT2D eigenvalue weighted by atomic mass is 9.92. The van der Waals surface area contributed by atoms with Crippen molar-refractivity contribution in [1.82, 2.24) is 24.8 Å². The summed E-state index contributed by atoms with van der Waals surface area (Å²) in [4.78, 5) is 22.7. The van der Waals surface area contributed by atoms with Crippen molar-refractivity contribution in [2.45, 2.75) is 37.1 Å². The zero-order valence-corrected chi connectivity index (χ0v) is 23.1. The Labute approximate surface area is 242 Å². The Bertz CT molecular complexity index is 1790. The lowest BCUT2D eigenvalue weighted by Crippen LogP contribution is -2.46. The van der Waals surface area contributed by atoms with Gasteiger partial charge in [-0.25, -0.2) is 8.78 Å². The Morgan fingerprint density at radius 3 is 2.48 bits per heavy atom. The van der Waals surface area contributed by atoms with Gasteiger partial charge >= 0.3 is 6.01 Å². The van der Waals surface area contributed by atoms with E-state index in [0.29, 0.717) is 40.1 Å². The summed E-state index contributed by atoms with van der Waals surface area (Å²) in [6.45, 7) is 4.10. The quantitative estimate of drug-likeness (QED) is 0.246. The first-order valence-electron chi connectivity index (χ1n) is 14.7. The van der Waals surface area contributed by atoms with Gasteiger partial charge in [0.25, 0.3) is 0 Å². The van der Waals surface area contributed by atoms with Crippen LogP contribution in [0, 0.1) is 11.6 Å². The first-order valence-corrected chi connectivity index (χ1v) is 14.7. The van der Waals surface area contributed by atoms with E-state index in [4.69, 9.17) is 9.72 Å². The third-order valence-corrected chi connectivity index (χ3v) is 9.39. The Morgan fingerprint density at radius 2 is 1.69 bits per heavy atom. The van der Waals surface area contributed by atoms with Crippen molar-refractivity contribution in [3.8, 4) is 17.3 Å². The van der Waals surface area contributed by atoms with Gasteiger partial charge in [-0.3, -0.25) is 14.9 Å². The standard InChI is InChI=1S/C33H30F2N6O/c34-26-8-2-6-22-5-1-7-24(27(22)26)29-28(35)30-25(17-37-29)31(40-18-23(19-40)21-9-13-36-14-10-21)39-32(38-30)42-20-33-11-3-15-41(33)16-4-12-33/h1-2,5-10,13-14,17,23H,3-4,11-12,15-16,18-20H2. The molecule has 0 spiro atoms. The second-order valence-electron chi connectivity index (χ2n) is 11.7. The van der Waals surface area contributed by atoms with Gasteiger partial charge in [0.05, 0.1) is 10.9 Å². The van der Waals surface area contributed by atoms with Gasteiger partial charge in [-0.05, 0) is 67.9 Å². The van der Waals surface area contributed by atoms with E-state index in [1.54, 1.807) is 36.8 Å². The average Bonchev–Trinajstić information content (AvgIpc) is 3.57. The van der Waals surface area contributed by atoms with Gasteiger partial charge in [-0.1, -0.05) is 30.3 Å². The molecule has 2 aromatic carbocycles. The molecule has 42 heavy (non-hydrogen) atoms. The highest BCUT2D eigenvalue weighted by molar-refractivity contribution is 5.99. The molecule has 6 heterocycles. The summed E-state index contributed by atoms with van der Waals surface area (Å²) in [5, 5.41) is 1.53. The maximum absolute atomic E-state index is 16.5. The molecule has 8 rings (SSSR count). The highest BCUT2D eigenvalue weighted by Crippen LogP contribution is 2.41. The molecular formula is C33H30F2N6O. The zero-order valence-electron chi connectivity index (χ0n) is 23.1. The minimum Gasteiger partial charge on any atom is -0.461 e. The maximum Gasteiger partial charge on any atom is 0.319 e. The summed E-state index contributed by atoms with van der Waals surface area (Å²) in [6, 6.07) is 14.4. The molecule has 0 atom stereocenters. The van der Waals surface area contributed by atoms with Crippen LogP contribution in [0.5, 0.6) is 6.01 Å². The molecule has 5 aromatic rings. The molecule has 3 fully saturated rings. The number of hydrogen-bond acceptors (Lipinski definition) is 7. The minimum atomic E-state index is -0.607. The average molecular weight is 565 g/mol. The third-order valence-electron chi connectivity index (χ3n) is 9.39. The summed E-state index contributed by atoms with van der Waals surface area (Å²) in [5.74, 6) is -0.0990. The first-order chi connectivity index (χ1) is 20.6. The second kappa shape index (κ2) is 9.94. The van der Waals surface area contributed by atoms with E-state index < -0.39 is 11.6 Å². The molecule has 0 bridgehead atoms. The molecular weight excluding hydrogens is 534 g/mol. The molecule has 212 valence electrons. The van der Waals surface area contributed by atoms with Crippen molar-refractivity contribution in [3.05, 3.63) is 84.3 Å². The predicted octanol–water partition coefficient (Wildman–Crippen LogP) is 6.13. The van der Waals surface area contributed by atoms with Crippen LogP contribution in [0.25, 0.3) is 32.9 Å². The monoisotopic (exact) mass is 564 g/mol. The van der Waals surface area contributed by atoms with Gasteiger partial charge < -0.3 is 9.64 Å². The number of hydrogen-bond donors (Lipinski definition) is 0. The van der Waals surface area contributed by atoms with Crippen LogP contribution in [0.15, 0.2) is 67.1 Å². The van der Waals surface area contributed by atoms with Crippen LogP contribution >= 0.6 is 0 Å². The highest BCUT2D eigenvalue weighted by atomic mass is 19.1. The van der Waals surface area contributed by atoms with E-state index in [1.165, 1.54) is 11.6 Å². The summed E-state index contributed by atoms with van der Waals surface area (Å²) >= 11 is 0. The van der Waals surface area contributed by atoms with E-state index in [1.807, 2.05) is 24.3 Å². The molecule has 0 radical (unpaired) electrons. The number of benzene rings is 2. The summed E-state index contributed by atoms with van der Waals surface area (Å²) in [5.41, 5.74) is 1.80. The van der Waals surface area contributed by atoms with E-state index in [0.717, 1.165) is 51.9 Å². The molecule has 3 aliphatic rings. The van der Waals surface area contributed by atoms with Crippen LogP contribution in [0.4, 0.5) is 14.6 Å². The second-order valence-corrected chi connectivity index (χ2v) is 11.7. The topological polar surface area (TPSA) is 67.3 Å². The van der Waals surface area contributed by atoms with E-state index in [9.17, 15) is 4.39 Å². The van der Waals surface area contributed by atoms with Gasteiger partial charge in [0, 0.05) is 48.5 Å². The van der Waals surface area contributed by atoms with Crippen molar-refractivity contribution < 1.29 is 13.5 Å². The molecule has 0 aliphatic carbocycles. The van der Waals surface area contributed by atoms with Crippen molar-refractivity contribution in [2.75, 3.05) is 37.7 Å². The van der Waals surface area contributed by atoms with Gasteiger partial charge in [0.1, 0.15) is 29.5 Å². The van der Waals surface area contributed by atoms with Crippen molar-refractivity contribution >= 4 is 27.5 Å².